The molecule has 1 aliphatic rings. The van der Waals surface area contributed by atoms with Crippen molar-refractivity contribution >= 4 is 5.97 Å². The molecule has 1 saturated carbocycles. The van der Waals surface area contributed by atoms with E-state index in [0.29, 0.717) is 29.6 Å². The summed E-state index contributed by atoms with van der Waals surface area (Å²) in [7, 11) is 0. The summed E-state index contributed by atoms with van der Waals surface area (Å²) in [5, 5.41) is 0. The molecule has 0 aliphatic heterocycles. The maximum atomic E-state index is 13.8. The van der Waals surface area contributed by atoms with Gasteiger partial charge < -0.3 is 4.74 Å². The lowest BCUT2D eigenvalue weighted by molar-refractivity contribution is 0.0730. The van der Waals surface area contributed by atoms with Crippen molar-refractivity contribution in [1.82, 2.24) is 0 Å². The number of benzene rings is 4. The highest BCUT2D eigenvalue weighted by atomic mass is 19.1. The summed E-state index contributed by atoms with van der Waals surface area (Å²) in [6, 6.07) is 31.0. The van der Waals surface area contributed by atoms with Gasteiger partial charge in [-0.25, -0.2) is 13.6 Å². The van der Waals surface area contributed by atoms with Gasteiger partial charge >= 0.3 is 5.97 Å². The Kier molecular flexibility index (Phi) is 5.28. The van der Waals surface area contributed by atoms with E-state index in [1.54, 1.807) is 12.1 Å². The fraction of sp³-hybridized carbons (Fsp3) is 0.107. The maximum Gasteiger partial charge on any atom is 0.346 e. The number of esters is 1. The quantitative estimate of drug-likeness (QED) is 0.258. The van der Waals surface area contributed by atoms with Crippen LogP contribution in [0.25, 0.3) is 0 Å². The smallest absolute Gasteiger partial charge is 0.346 e. The molecule has 0 saturated heterocycles. The molecule has 32 heavy (non-hydrogen) atoms. The van der Waals surface area contributed by atoms with Crippen LogP contribution in [0.1, 0.15) is 44.8 Å². The monoisotopic (exact) mass is 426 g/mol. The topological polar surface area (TPSA) is 26.3 Å². The highest BCUT2D eigenvalue weighted by Crippen LogP contribution is 2.66. The van der Waals surface area contributed by atoms with E-state index in [1.807, 2.05) is 24.3 Å². The van der Waals surface area contributed by atoms with Crippen molar-refractivity contribution < 1.29 is 18.3 Å². The van der Waals surface area contributed by atoms with Gasteiger partial charge in [0.25, 0.3) is 0 Å². The molecule has 1 aliphatic carbocycles. The molecule has 0 aromatic heterocycles. The van der Waals surface area contributed by atoms with Gasteiger partial charge in [-0.2, -0.15) is 0 Å². The van der Waals surface area contributed by atoms with Gasteiger partial charge in [-0.3, -0.25) is 0 Å². The molecular formula is C28H20F2O2. The van der Waals surface area contributed by atoms with E-state index in [1.165, 1.54) is 11.1 Å². The van der Waals surface area contributed by atoms with E-state index in [2.05, 4.69) is 48.5 Å². The average Bonchev–Trinajstić information content (AvgIpc) is 3.56. The van der Waals surface area contributed by atoms with Crippen molar-refractivity contribution in [2.45, 2.75) is 17.8 Å². The molecule has 158 valence electrons. The van der Waals surface area contributed by atoms with Crippen LogP contribution in [0.3, 0.4) is 0 Å². The molecule has 0 spiro atoms. The highest BCUT2D eigenvalue weighted by molar-refractivity contribution is 5.91. The molecule has 4 aromatic carbocycles. The van der Waals surface area contributed by atoms with Crippen LogP contribution in [0.2, 0.25) is 0 Å². The zero-order valence-corrected chi connectivity index (χ0v) is 17.1. The standard InChI is InChI=1S/C28H20F2O2/c29-21-13-16-23(24(30)17-21)28(31)32-22-14-11-20(12-15-22)27-25(18-7-3-1-4-8-18)26(27)19-9-5-2-6-10-19/h1-17,25-27H. The SMILES string of the molecule is O=C(Oc1ccc(C2C(c3ccccc3)C2c2ccccc2)cc1)c1ccc(F)cc1F. The second-order valence-electron chi connectivity index (χ2n) is 7.98. The zero-order chi connectivity index (χ0) is 22.1. The van der Waals surface area contributed by atoms with Crippen LogP contribution in [0, 0.1) is 11.6 Å². The Labute approximate surface area is 185 Å². The lowest BCUT2D eigenvalue weighted by Crippen LogP contribution is -2.10. The molecule has 2 unspecified atom stereocenters. The summed E-state index contributed by atoms with van der Waals surface area (Å²) in [6.07, 6.45) is 0. The normalized spacial score (nSPS) is 19.4. The number of rotatable bonds is 5. The number of carbonyl (C=O) groups is 1. The van der Waals surface area contributed by atoms with E-state index in [4.69, 9.17) is 4.74 Å². The molecule has 0 amide bonds. The molecule has 4 heteroatoms. The van der Waals surface area contributed by atoms with Gasteiger partial charge in [-0.05, 0) is 58.7 Å². The largest absolute Gasteiger partial charge is 0.423 e. The van der Waals surface area contributed by atoms with Crippen LogP contribution in [0.5, 0.6) is 5.75 Å². The fourth-order valence-electron chi connectivity index (χ4n) is 4.48. The predicted molar refractivity (Wildman–Crippen MR) is 119 cm³/mol. The van der Waals surface area contributed by atoms with Crippen molar-refractivity contribution in [3.05, 3.63) is 137 Å². The van der Waals surface area contributed by atoms with Crippen LogP contribution in [0.15, 0.2) is 103 Å². The Balaban J connectivity index is 1.37. The third-order valence-electron chi connectivity index (χ3n) is 6.02. The zero-order valence-electron chi connectivity index (χ0n) is 17.1. The summed E-state index contributed by atoms with van der Waals surface area (Å²) >= 11 is 0. The van der Waals surface area contributed by atoms with Gasteiger partial charge in [0.05, 0.1) is 5.56 Å². The average molecular weight is 426 g/mol. The molecule has 0 radical (unpaired) electrons. The van der Waals surface area contributed by atoms with Gasteiger partial charge in [0.2, 0.25) is 0 Å². The summed E-state index contributed by atoms with van der Waals surface area (Å²) in [6.45, 7) is 0. The molecular weight excluding hydrogens is 406 g/mol. The molecule has 1 fully saturated rings. The minimum absolute atomic E-state index is 0.300. The van der Waals surface area contributed by atoms with Gasteiger partial charge in [-0.1, -0.05) is 72.8 Å². The summed E-state index contributed by atoms with van der Waals surface area (Å²) < 4.78 is 32.2. The Morgan fingerprint density at radius 3 is 1.62 bits per heavy atom. The number of halogens is 2. The van der Waals surface area contributed by atoms with Crippen molar-refractivity contribution in [1.29, 1.82) is 0 Å². The lowest BCUT2D eigenvalue weighted by Gasteiger charge is -2.07. The van der Waals surface area contributed by atoms with Gasteiger partial charge in [0.15, 0.2) is 0 Å². The Morgan fingerprint density at radius 2 is 1.12 bits per heavy atom. The Bertz CT molecular complexity index is 1190. The first-order valence-electron chi connectivity index (χ1n) is 10.5. The van der Waals surface area contributed by atoms with Crippen molar-refractivity contribution in [3.63, 3.8) is 0 Å². The number of ether oxygens (including phenoxy) is 1. The number of carbonyl (C=O) groups excluding carboxylic acids is 1. The van der Waals surface area contributed by atoms with Crippen LogP contribution in [0.4, 0.5) is 8.78 Å². The summed E-state index contributed by atoms with van der Waals surface area (Å²) in [4.78, 5) is 12.3. The van der Waals surface area contributed by atoms with Gasteiger partial charge in [-0.15, -0.1) is 0 Å². The molecule has 2 atom stereocenters. The van der Waals surface area contributed by atoms with Crippen molar-refractivity contribution in [3.8, 4) is 5.75 Å². The van der Waals surface area contributed by atoms with Crippen molar-refractivity contribution in [2.75, 3.05) is 0 Å². The van der Waals surface area contributed by atoms with E-state index in [-0.39, 0.29) is 5.56 Å². The molecule has 2 nitrogen and oxygen atoms in total. The third-order valence-corrected chi connectivity index (χ3v) is 6.02. The second kappa shape index (κ2) is 8.39. The Morgan fingerprint density at radius 1 is 0.625 bits per heavy atom. The molecule has 0 heterocycles. The molecule has 4 aromatic rings. The summed E-state index contributed by atoms with van der Waals surface area (Å²) in [5.41, 5.74) is 3.45. The minimum Gasteiger partial charge on any atom is -0.423 e. The Hall–Kier alpha value is -3.79. The fourth-order valence-corrected chi connectivity index (χ4v) is 4.48. The van der Waals surface area contributed by atoms with Crippen LogP contribution in [-0.2, 0) is 0 Å². The molecule has 0 bridgehead atoms. The first-order chi connectivity index (χ1) is 15.6. The van der Waals surface area contributed by atoms with E-state index in [0.717, 1.165) is 17.7 Å². The summed E-state index contributed by atoms with van der Waals surface area (Å²) in [5.74, 6) is -1.16. The third kappa shape index (κ3) is 3.92. The molecule has 0 N–H and O–H groups in total. The number of hydrogen-bond acceptors (Lipinski definition) is 2. The van der Waals surface area contributed by atoms with Crippen molar-refractivity contribution in [2.24, 2.45) is 0 Å². The van der Waals surface area contributed by atoms with Crippen LogP contribution in [-0.4, -0.2) is 5.97 Å². The number of hydrogen-bond donors (Lipinski definition) is 0. The van der Waals surface area contributed by atoms with Crippen LogP contribution < -0.4 is 4.74 Å². The molecule has 5 rings (SSSR count). The highest BCUT2D eigenvalue weighted by Gasteiger charge is 2.52. The van der Waals surface area contributed by atoms with Crippen LogP contribution >= 0.6 is 0 Å². The maximum absolute atomic E-state index is 13.8. The lowest BCUT2D eigenvalue weighted by atomic mass is 10.0. The van der Waals surface area contributed by atoms with Gasteiger partial charge in [0, 0.05) is 6.07 Å². The van der Waals surface area contributed by atoms with E-state index < -0.39 is 17.6 Å². The van der Waals surface area contributed by atoms with Gasteiger partial charge in [0.1, 0.15) is 17.4 Å². The predicted octanol–water partition coefficient (Wildman–Crippen LogP) is 6.85. The second-order valence-corrected chi connectivity index (χ2v) is 7.98. The van der Waals surface area contributed by atoms with E-state index >= 15 is 0 Å². The minimum atomic E-state index is -0.944. The van der Waals surface area contributed by atoms with E-state index in [9.17, 15) is 13.6 Å². The first-order valence-corrected chi connectivity index (χ1v) is 10.5. The first kappa shape index (κ1) is 20.1.